The summed E-state index contributed by atoms with van der Waals surface area (Å²) in [4.78, 5) is 20.9. The van der Waals surface area contributed by atoms with E-state index in [0.717, 1.165) is 23.7 Å². The van der Waals surface area contributed by atoms with E-state index in [1.165, 1.54) is 11.3 Å². The van der Waals surface area contributed by atoms with Crippen molar-refractivity contribution in [1.29, 1.82) is 0 Å². The molecule has 3 heterocycles. The average Bonchev–Trinajstić information content (AvgIpc) is 3.16. The number of β-amino-alcohol motifs (C(OH)–C–C–N with tert-alkyl or cyclic N) is 1. The lowest BCUT2D eigenvalue weighted by atomic mass is 10.3. The van der Waals surface area contributed by atoms with E-state index in [1.54, 1.807) is 10.9 Å². The van der Waals surface area contributed by atoms with Crippen LogP contribution in [0.25, 0.3) is 10.6 Å². The minimum absolute atomic E-state index is 0.0185. The van der Waals surface area contributed by atoms with Crippen LogP contribution in [0.5, 0.6) is 0 Å². The van der Waals surface area contributed by atoms with Crippen LogP contribution in [0.15, 0.2) is 17.8 Å². The molecule has 1 aliphatic rings. The van der Waals surface area contributed by atoms with E-state index in [-0.39, 0.29) is 12.5 Å². The Morgan fingerprint density at radius 2 is 2.14 bits per heavy atom. The number of nitrogens with zero attached hydrogens (tertiary/aromatic N) is 5. The van der Waals surface area contributed by atoms with Crippen molar-refractivity contribution in [3.8, 4) is 10.6 Å². The van der Waals surface area contributed by atoms with Crippen molar-refractivity contribution < 1.29 is 9.90 Å². The molecule has 8 heteroatoms. The van der Waals surface area contributed by atoms with Crippen LogP contribution in [-0.2, 0) is 7.05 Å². The third kappa shape index (κ3) is 3.18. The highest BCUT2D eigenvalue weighted by Crippen LogP contribution is 2.23. The summed E-state index contributed by atoms with van der Waals surface area (Å²) in [5.41, 5.74) is 1.43. The van der Waals surface area contributed by atoms with E-state index in [4.69, 9.17) is 5.11 Å². The smallest absolute Gasteiger partial charge is 0.273 e. The zero-order valence-corrected chi connectivity index (χ0v) is 13.3. The molecule has 1 amide bonds. The van der Waals surface area contributed by atoms with Crippen molar-refractivity contribution in [2.24, 2.45) is 7.05 Å². The lowest BCUT2D eigenvalue weighted by molar-refractivity contribution is 0.0610. The second-order valence-corrected chi connectivity index (χ2v) is 6.16. The molecule has 1 saturated heterocycles. The number of thiazole rings is 1. The van der Waals surface area contributed by atoms with Gasteiger partial charge in [0.2, 0.25) is 0 Å². The predicted octanol–water partition coefficient (Wildman–Crippen LogP) is 0.294. The first kappa shape index (κ1) is 15.1. The van der Waals surface area contributed by atoms with Gasteiger partial charge >= 0.3 is 0 Å². The molecular weight excluding hydrogens is 302 g/mol. The van der Waals surface area contributed by atoms with E-state index >= 15 is 0 Å². The first-order valence-corrected chi connectivity index (χ1v) is 8.12. The third-order valence-electron chi connectivity index (χ3n) is 3.75. The van der Waals surface area contributed by atoms with Crippen LogP contribution in [0.2, 0.25) is 0 Å². The number of aliphatic hydroxyl groups is 1. The number of hydrogen-bond acceptors (Lipinski definition) is 6. The lowest BCUT2D eigenvalue weighted by Crippen LogP contribution is -2.49. The number of rotatable bonds is 4. The molecule has 0 radical (unpaired) electrons. The van der Waals surface area contributed by atoms with Crippen molar-refractivity contribution in [3.05, 3.63) is 23.5 Å². The molecule has 0 spiro atoms. The molecule has 3 rings (SSSR count). The Bertz CT molecular complexity index is 645. The molecule has 0 aliphatic carbocycles. The van der Waals surface area contributed by atoms with Gasteiger partial charge in [0.1, 0.15) is 10.7 Å². The SMILES string of the molecule is Cn1cc(-c2nc(C(=O)N3CCN(CCO)CC3)cs2)cn1. The number of aliphatic hydroxyl groups excluding tert-OH is 1. The van der Waals surface area contributed by atoms with Crippen molar-refractivity contribution in [1.82, 2.24) is 24.6 Å². The van der Waals surface area contributed by atoms with Gasteiger partial charge in [0.15, 0.2) is 0 Å². The largest absolute Gasteiger partial charge is 0.395 e. The standard InChI is InChI=1S/C14H19N5O2S/c1-17-9-11(8-15-17)13-16-12(10-22-13)14(21)19-4-2-18(3-5-19)6-7-20/h8-10,20H,2-7H2,1H3. The average molecular weight is 321 g/mol. The normalized spacial score (nSPS) is 16.2. The summed E-state index contributed by atoms with van der Waals surface area (Å²) in [7, 11) is 1.86. The van der Waals surface area contributed by atoms with E-state index in [9.17, 15) is 4.79 Å². The van der Waals surface area contributed by atoms with E-state index in [2.05, 4.69) is 15.0 Å². The lowest BCUT2D eigenvalue weighted by Gasteiger charge is -2.33. The van der Waals surface area contributed by atoms with Crippen molar-refractivity contribution in [3.63, 3.8) is 0 Å². The molecule has 118 valence electrons. The number of hydrogen-bond donors (Lipinski definition) is 1. The van der Waals surface area contributed by atoms with Crippen molar-refractivity contribution >= 4 is 17.2 Å². The van der Waals surface area contributed by atoms with Gasteiger partial charge in [0, 0.05) is 56.9 Å². The molecule has 1 N–H and O–H groups in total. The van der Waals surface area contributed by atoms with Gasteiger partial charge < -0.3 is 10.0 Å². The summed E-state index contributed by atoms with van der Waals surface area (Å²) in [6.45, 7) is 3.79. The van der Waals surface area contributed by atoms with Crippen LogP contribution in [0.4, 0.5) is 0 Å². The van der Waals surface area contributed by atoms with Gasteiger partial charge in [-0.2, -0.15) is 5.10 Å². The Labute approximate surface area is 132 Å². The van der Waals surface area contributed by atoms with Gasteiger partial charge in [-0.3, -0.25) is 14.4 Å². The zero-order valence-electron chi connectivity index (χ0n) is 12.5. The maximum Gasteiger partial charge on any atom is 0.273 e. The monoisotopic (exact) mass is 321 g/mol. The molecule has 2 aromatic heterocycles. The molecule has 0 aromatic carbocycles. The van der Waals surface area contributed by atoms with Gasteiger partial charge in [-0.05, 0) is 0 Å². The van der Waals surface area contributed by atoms with Crippen LogP contribution >= 0.6 is 11.3 Å². The molecule has 1 fully saturated rings. The zero-order chi connectivity index (χ0) is 15.5. The molecular formula is C14H19N5O2S. The van der Waals surface area contributed by atoms with Crippen LogP contribution in [0, 0.1) is 0 Å². The summed E-state index contributed by atoms with van der Waals surface area (Å²) < 4.78 is 1.72. The Kier molecular flexibility index (Phi) is 4.51. The Morgan fingerprint density at radius 3 is 2.77 bits per heavy atom. The summed E-state index contributed by atoms with van der Waals surface area (Å²) in [6.07, 6.45) is 3.64. The number of aromatic nitrogens is 3. The number of piperazine rings is 1. The topological polar surface area (TPSA) is 74.5 Å². The number of aryl methyl sites for hydroxylation is 1. The van der Waals surface area contributed by atoms with Gasteiger partial charge in [-0.15, -0.1) is 11.3 Å². The number of amides is 1. The summed E-state index contributed by atoms with van der Waals surface area (Å²) in [6, 6.07) is 0. The Morgan fingerprint density at radius 1 is 1.36 bits per heavy atom. The second kappa shape index (κ2) is 6.55. The first-order chi connectivity index (χ1) is 10.7. The molecule has 0 saturated carbocycles. The molecule has 1 aliphatic heterocycles. The highest BCUT2D eigenvalue weighted by atomic mass is 32.1. The minimum Gasteiger partial charge on any atom is -0.395 e. The van der Waals surface area contributed by atoms with Crippen LogP contribution in [-0.4, -0.2) is 74.9 Å². The van der Waals surface area contributed by atoms with Gasteiger partial charge in [0.05, 0.1) is 12.8 Å². The summed E-state index contributed by atoms with van der Waals surface area (Å²) >= 11 is 1.46. The molecule has 7 nitrogen and oxygen atoms in total. The molecule has 22 heavy (non-hydrogen) atoms. The maximum absolute atomic E-state index is 12.5. The highest BCUT2D eigenvalue weighted by Gasteiger charge is 2.23. The fraction of sp³-hybridized carbons (Fsp3) is 0.500. The Hall–Kier alpha value is -1.77. The van der Waals surface area contributed by atoms with Gasteiger partial charge in [-0.25, -0.2) is 4.98 Å². The molecule has 0 unspecified atom stereocenters. The first-order valence-electron chi connectivity index (χ1n) is 7.24. The van der Waals surface area contributed by atoms with Crippen molar-refractivity contribution in [2.75, 3.05) is 39.3 Å². The molecule has 2 aromatic rings. The third-order valence-corrected chi connectivity index (χ3v) is 4.64. The molecule has 0 atom stereocenters. The van der Waals surface area contributed by atoms with Crippen molar-refractivity contribution in [2.45, 2.75) is 0 Å². The summed E-state index contributed by atoms with van der Waals surface area (Å²) in [5.74, 6) is -0.0185. The van der Waals surface area contributed by atoms with Crippen LogP contribution in [0.3, 0.4) is 0 Å². The van der Waals surface area contributed by atoms with E-state index in [0.29, 0.717) is 25.3 Å². The summed E-state index contributed by atoms with van der Waals surface area (Å²) in [5, 5.41) is 15.7. The maximum atomic E-state index is 12.5. The molecule has 0 bridgehead atoms. The highest BCUT2D eigenvalue weighted by molar-refractivity contribution is 7.13. The quantitative estimate of drug-likeness (QED) is 0.876. The minimum atomic E-state index is -0.0185. The fourth-order valence-electron chi connectivity index (χ4n) is 2.51. The van der Waals surface area contributed by atoms with Gasteiger partial charge in [-0.1, -0.05) is 0 Å². The number of carbonyl (C=O) groups is 1. The predicted molar refractivity (Wildman–Crippen MR) is 83.7 cm³/mol. The van der Waals surface area contributed by atoms with E-state index < -0.39 is 0 Å². The number of carbonyl (C=O) groups excluding carboxylic acids is 1. The van der Waals surface area contributed by atoms with Gasteiger partial charge in [0.25, 0.3) is 5.91 Å². The second-order valence-electron chi connectivity index (χ2n) is 5.30. The fourth-order valence-corrected chi connectivity index (χ4v) is 3.28. The van der Waals surface area contributed by atoms with E-state index in [1.807, 2.05) is 23.5 Å². The van der Waals surface area contributed by atoms with Crippen LogP contribution < -0.4 is 0 Å². The Balaban J connectivity index is 1.65. The van der Waals surface area contributed by atoms with Crippen LogP contribution in [0.1, 0.15) is 10.5 Å².